The minimum absolute atomic E-state index is 0.00448. The quantitative estimate of drug-likeness (QED) is 0.352. The molecule has 3 rings (SSSR count). The van der Waals surface area contributed by atoms with Crippen LogP contribution >= 0.6 is 0 Å². The Bertz CT molecular complexity index is 1210. The highest BCUT2D eigenvalue weighted by molar-refractivity contribution is 5.90. The molecule has 0 unspecified atom stereocenters. The van der Waals surface area contributed by atoms with Gasteiger partial charge in [-0.05, 0) is 35.4 Å². The number of nitrogens with zero attached hydrogens (tertiary/aromatic N) is 8. The molecule has 14 heteroatoms. The van der Waals surface area contributed by atoms with Crippen LogP contribution in [-0.4, -0.2) is 54.1 Å². The Morgan fingerprint density at radius 1 is 1.31 bits per heavy atom. The number of amides is 1. The third-order valence-corrected chi connectivity index (χ3v) is 4.97. The van der Waals surface area contributed by atoms with Crippen molar-refractivity contribution in [3.63, 3.8) is 0 Å². The molecular formula is C21H23F3N8O3. The summed E-state index contributed by atoms with van der Waals surface area (Å²) in [5.41, 5.74) is -1.02. The number of carboxylic acid groups (broad SMARTS) is 1. The second-order valence-corrected chi connectivity index (χ2v) is 7.47. The Labute approximate surface area is 198 Å². The lowest BCUT2D eigenvalue weighted by molar-refractivity contribution is -0.137. The van der Waals surface area contributed by atoms with E-state index in [0.29, 0.717) is 6.42 Å². The Morgan fingerprint density at radius 2 is 2.09 bits per heavy atom. The molecule has 1 aromatic carbocycles. The summed E-state index contributed by atoms with van der Waals surface area (Å²) in [5.74, 6) is 0.258. The molecule has 0 saturated heterocycles. The second kappa shape index (κ2) is 10.9. The van der Waals surface area contributed by atoms with Gasteiger partial charge in [0.15, 0.2) is 18.3 Å². The van der Waals surface area contributed by atoms with Crippen LogP contribution in [0.15, 0.2) is 29.6 Å². The zero-order valence-electron chi connectivity index (χ0n) is 19.2. The standard InChI is InChI=1S/C21H23F3N8O3/c1-4-5-10-32(20(33)34)16-8-9-25-15(27-16)12-35-26-11-14-7-6-13(2)18(21(22,23)24)17(14)19-28-29-30-31(19)3/h6-9,11H,4-5,10,12H2,1-3H3,(H,33,34). The van der Waals surface area contributed by atoms with E-state index in [1.165, 1.54) is 38.4 Å². The summed E-state index contributed by atoms with van der Waals surface area (Å²) in [6, 6.07) is 4.24. The summed E-state index contributed by atoms with van der Waals surface area (Å²) >= 11 is 0. The number of rotatable bonds is 9. The number of carbonyl (C=O) groups is 1. The van der Waals surface area contributed by atoms with Crippen molar-refractivity contribution >= 4 is 18.1 Å². The largest absolute Gasteiger partial charge is 0.465 e. The third-order valence-electron chi connectivity index (χ3n) is 4.97. The van der Waals surface area contributed by atoms with Crippen molar-refractivity contribution in [2.75, 3.05) is 11.4 Å². The molecule has 0 fully saturated rings. The molecule has 1 amide bonds. The Kier molecular flexibility index (Phi) is 7.94. The van der Waals surface area contributed by atoms with Crippen molar-refractivity contribution in [2.24, 2.45) is 12.2 Å². The highest BCUT2D eigenvalue weighted by Crippen LogP contribution is 2.39. The molecule has 35 heavy (non-hydrogen) atoms. The number of aryl methyl sites for hydroxylation is 2. The fourth-order valence-electron chi connectivity index (χ4n) is 3.30. The number of aromatic nitrogens is 6. The van der Waals surface area contributed by atoms with Crippen molar-refractivity contribution in [2.45, 2.75) is 39.5 Å². The lowest BCUT2D eigenvalue weighted by Crippen LogP contribution is -2.31. The molecule has 11 nitrogen and oxygen atoms in total. The van der Waals surface area contributed by atoms with Gasteiger partial charge in [0.2, 0.25) is 0 Å². The highest BCUT2D eigenvalue weighted by atomic mass is 19.4. The van der Waals surface area contributed by atoms with Crippen LogP contribution in [0, 0.1) is 6.92 Å². The molecular weight excluding hydrogens is 469 g/mol. The van der Waals surface area contributed by atoms with E-state index in [1.807, 2.05) is 6.92 Å². The lowest BCUT2D eigenvalue weighted by atomic mass is 9.96. The second-order valence-electron chi connectivity index (χ2n) is 7.47. The molecule has 0 aliphatic carbocycles. The van der Waals surface area contributed by atoms with E-state index in [-0.39, 0.29) is 47.3 Å². The Hall–Kier alpha value is -4.10. The maximum absolute atomic E-state index is 13.8. The predicted molar refractivity (Wildman–Crippen MR) is 119 cm³/mol. The summed E-state index contributed by atoms with van der Waals surface area (Å²) in [5, 5.41) is 24.0. The van der Waals surface area contributed by atoms with Crippen LogP contribution < -0.4 is 4.90 Å². The summed E-state index contributed by atoms with van der Waals surface area (Å²) in [4.78, 5) is 26.0. The molecule has 0 aliphatic heterocycles. The maximum Gasteiger partial charge on any atom is 0.417 e. The molecule has 0 spiro atoms. The predicted octanol–water partition coefficient (Wildman–Crippen LogP) is 3.83. The van der Waals surface area contributed by atoms with E-state index < -0.39 is 17.8 Å². The van der Waals surface area contributed by atoms with E-state index in [1.54, 1.807) is 0 Å². The molecule has 0 aliphatic rings. The van der Waals surface area contributed by atoms with Gasteiger partial charge < -0.3 is 9.94 Å². The first-order valence-electron chi connectivity index (χ1n) is 10.5. The van der Waals surface area contributed by atoms with Crippen LogP contribution in [0.2, 0.25) is 0 Å². The molecule has 0 bridgehead atoms. The zero-order valence-corrected chi connectivity index (χ0v) is 19.2. The molecule has 1 N–H and O–H groups in total. The summed E-state index contributed by atoms with van der Waals surface area (Å²) in [7, 11) is 1.43. The van der Waals surface area contributed by atoms with Crippen LogP contribution in [0.4, 0.5) is 23.8 Å². The first-order valence-corrected chi connectivity index (χ1v) is 10.5. The van der Waals surface area contributed by atoms with Crippen LogP contribution in [-0.2, 0) is 24.7 Å². The number of hydrogen-bond donors (Lipinski definition) is 1. The van der Waals surface area contributed by atoms with Gasteiger partial charge in [-0.2, -0.15) is 13.2 Å². The lowest BCUT2D eigenvalue weighted by Gasteiger charge is -2.18. The van der Waals surface area contributed by atoms with Crippen LogP contribution in [0.1, 0.15) is 42.3 Å². The first kappa shape index (κ1) is 25.5. The number of tetrazole rings is 1. The van der Waals surface area contributed by atoms with Gasteiger partial charge in [0, 0.05) is 30.9 Å². The van der Waals surface area contributed by atoms with E-state index in [9.17, 15) is 23.1 Å². The van der Waals surface area contributed by atoms with Crippen molar-refractivity contribution in [3.05, 3.63) is 46.9 Å². The number of anilines is 1. The molecule has 186 valence electrons. The normalized spacial score (nSPS) is 11.7. The monoisotopic (exact) mass is 492 g/mol. The van der Waals surface area contributed by atoms with Gasteiger partial charge in [-0.1, -0.05) is 30.6 Å². The number of benzene rings is 1. The molecule has 0 atom stereocenters. The molecule has 2 aromatic heterocycles. The number of hydrogen-bond acceptors (Lipinski definition) is 8. The van der Waals surface area contributed by atoms with E-state index in [4.69, 9.17) is 4.84 Å². The molecule has 3 aromatic rings. The SMILES string of the molecule is CCCCN(C(=O)O)c1ccnc(CON=Cc2ccc(C)c(C(F)(F)F)c2-c2nnnn2C)n1. The van der Waals surface area contributed by atoms with Crippen molar-refractivity contribution in [3.8, 4) is 11.4 Å². The van der Waals surface area contributed by atoms with Gasteiger partial charge in [-0.15, -0.1) is 5.10 Å². The number of unbranched alkanes of at least 4 members (excludes halogenated alkanes) is 1. The van der Waals surface area contributed by atoms with Crippen LogP contribution in [0.3, 0.4) is 0 Å². The fraction of sp³-hybridized carbons (Fsp3) is 0.381. The third kappa shape index (κ3) is 6.07. The van der Waals surface area contributed by atoms with Gasteiger partial charge in [0.1, 0.15) is 5.82 Å². The Balaban J connectivity index is 1.84. The van der Waals surface area contributed by atoms with Crippen molar-refractivity contribution in [1.82, 2.24) is 30.2 Å². The summed E-state index contributed by atoms with van der Waals surface area (Å²) < 4.78 is 42.7. The van der Waals surface area contributed by atoms with Gasteiger partial charge in [-0.25, -0.2) is 19.4 Å². The number of halogens is 3. The van der Waals surface area contributed by atoms with E-state index >= 15 is 0 Å². The first-order chi connectivity index (χ1) is 16.6. The average molecular weight is 492 g/mol. The molecule has 2 heterocycles. The van der Waals surface area contributed by atoms with Crippen LogP contribution in [0.5, 0.6) is 0 Å². The minimum Gasteiger partial charge on any atom is -0.465 e. The molecule has 0 saturated carbocycles. The zero-order chi connectivity index (χ0) is 25.6. The van der Waals surface area contributed by atoms with Crippen molar-refractivity contribution < 1.29 is 27.9 Å². The topological polar surface area (TPSA) is 132 Å². The minimum atomic E-state index is -4.65. The smallest absolute Gasteiger partial charge is 0.417 e. The summed E-state index contributed by atoms with van der Waals surface area (Å²) in [6.07, 6.45) is -1.83. The van der Waals surface area contributed by atoms with Gasteiger partial charge in [0.25, 0.3) is 0 Å². The Morgan fingerprint density at radius 3 is 2.71 bits per heavy atom. The number of alkyl halides is 3. The van der Waals surface area contributed by atoms with E-state index in [2.05, 4.69) is 30.6 Å². The van der Waals surface area contributed by atoms with Crippen molar-refractivity contribution in [1.29, 1.82) is 0 Å². The maximum atomic E-state index is 13.8. The fourth-order valence-corrected chi connectivity index (χ4v) is 3.30. The summed E-state index contributed by atoms with van der Waals surface area (Å²) in [6.45, 7) is 3.33. The highest BCUT2D eigenvalue weighted by Gasteiger charge is 2.37. The van der Waals surface area contributed by atoms with Gasteiger partial charge >= 0.3 is 12.3 Å². The van der Waals surface area contributed by atoms with Gasteiger partial charge in [0.05, 0.1) is 11.8 Å². The molecule has 0 radical (unpaired) electrons. The van der Waals surface area contributed by atoms with Crippen LogP contribution in [0.25, 0.3) is 11.4 Å². The van der Waals surface area contributed by atoms with E-state index in [0.717, 1.165) is 22.2 Å². The number of oxime groups is 1. The van der Waals surface area contributed by atoms with Gasteiger partial charge in [-0.3, -0.25) is 4.90 Å². The average Bonchev–Trinajstić information content (AvgIpc) is 3.22.